The van der Waals surface area contributed by atoms with Crippen molar-refractivity contribution in [1.29, 1.82) is 0 Å². The highest BCUT2D eigenvalue weighted by molar-refractivity contribution is 9.10. The molecule has 24 heavy (non-hydrogen) atoms. The second kappa shape index (κ2) is 7.97. The third kappa shape index (κ3) is 4.58. The minimum Gasteiger partial charge on any atom is -0.507 e. The lowest BCUT2D eigenvalue weighted by atomic mass is 10.1. The summed E-state index contributed by atoms with van der Waals surface area (Å²) >= 11 is 3.31. The highest BCUT2D eigenvalue weighted by Gasteiger charge is 2.09. The van der Waals surface area contributed by atoms with Crippen LogP contribution in [0.2, 0.25) is 0 Å². The summed E-state index contributed by atoms with van der Waals surface area (Å²) in [7, 11) is 0. The van der Waals surface area contributed by atoms with Crippen LogP contribution in [0.15, 0.2) is 39.9 Å². The van der Waals surface area contributed by atoms with E-state index in [0.717, 1.165) is 26.9 Å². The maximum atomic E-state index is 11.8. The number of ether oxygens (including phenoxy) is 1. The predicted molar refractivity (Wildman–Crippen MR) is 97.7 cm³/mol. The summed E-state index contributed by atoms with van der Waals surface area (Å²) in [6.07, 6.45) is 1.38. The van der Waals surface area contributed by atoms with Crippen molar-refractivity contribution >= 4 is 28.1 Å². The molecule has 0 unspecified atom stereocenters. The molecule has 0 radical (unpaired) electrons. The molecule has 2 rings (SSSR count). The number of halogens is 1. The Kier molecular flexibility index (Phi) is 5.98. The van der Waals surface area contributed by atoms with Gasteiger partial charge in [0.25, 0.3) is 5.91 Å². The minimum atomic E-state index is -0.374. The van der Waals surface area contributed by atoms with Crippen LogP contribution in [0, 0.1) is 20.8 Å². The second-order valence-electron chi connectivity index (χ2n) is 5.44. The summed E-state index contributed by atoms with van der Waals surface area (Å²) in [6.45, 7) is 5.76. The first-order chi connectivity index (χ1) is 11.4. The smallest absolute Gasteiger partial charge is 0.277 e. The fourth-order valence-electron chi connectivity index (χ4n) is 2.12. The van der Waals surface area contributed by atoms with Gasteiger partial charge in [0.05, 0.1) is 6.21 Å². The van der Waals surface area contributed by atoms with Gasteiger partial charge in [0, 0.05) is 10.0 Å². The summed E-state index contributed by atoms with van der Waals surface area (Å²) < 4.78 is 6.42. The molecular weight excluding hydrogens is 372 g/mol. The predicted octanol–water partition coefficient (Wildman–Crippen LogP) is 3.61. The number of benzene rings is 2. The van der Waals surface area contributed by atoms with Crippen LogP contribution < -0.4 is 10.2 Å². The van der Waals surface area contributed by atoms with Gasteiger partial charge in [-0.25, -0.2) is 5.43 Å². The fourth-order valence-corrected chi connectivity index (χ4v) is 2.50. The van der Waals surface area contributed by atoms with Gasteiger partial charge < -0.3 is 9.84 Å². The Hall–Kier alpha value is -2.34. The largest absolute Gasteiger partial charge is 0.507 e. The first-order valence-corrected chi connectivity index (χ1v) is 8.18. The maximum Gasteiger partial charge on any atom is 0.277 e. The Morgan fingerprint density at radius 3 is 2.71 bits per heavy atom. The van der Waals surface area contributed by atoms with Gasteiger partial charge in [-0.1, -0.05) is 28.1 Å². The highest BCUT2D eigenvalue weighted by Crippen LogP contribution is 2.25. The van der Waals surface area contributed by atoms with Crippen LogP contribution in [0.1, 0.15) is 22.3 Å². The topological polar surface area (TPSA) is 70.9 Å². The quantitative estimate of drug-likeness (QED) is 0.604. The van der Waals surface area contributed by atoms with E-state index < -0.39 is 0 Å². The zero-order chi connectivity index (χ0) is 17.7. The van der Waals surface area contributed by atoms with Crippen LogP contribution in [0.25, 0.3) is 0 Å². The molecule has 0 atom stereocenters. The zero-order valence-electron chi connectivity index (χ0n) is 13.8. The molecule has 0 aliphatic heterocycles. The third-order valence-electron chi connectivity index (χ3n) is 3.60. The summed E-state index contributed by atoms with van der Waals surface area (Å²) in [4.78, 5) is 11.8. The molecule has 0 aliphatic carbocycles. The van der Waals surface area contributed by atoms with E-state index in [1.54, 1.807) is 18.2 Å². The number of rotatable bonds is 5. The van der Waals surface area contributed by atoms with E-state index in [2.05, 4.69) is 26.5 Å². The number of phenols is 1. The first kappa shape index (κ1) is 18.0. The molecule has 5 nitrogen and oxygen atoms in total. The molecule has 1 amide bonds. The Morgan fingerprint density at radius 1 is 1.25 bits per heavy atom. The van der Waals surface area contributed by atoms with Gasteiger partial charge in [-0.2, -0.15) is 5.10 Å². The lowest BCUT2D eigenvalue weighted by molar-refractivity contribution is -0.123. The standard InChI is InChI=1S/C18H19BrN2O3/c1-11-4-5-12(2)18(13(11)3)24-10-17(23)21-20-9-14-8-15(19)6-7-16(14)22/h4-9,22H,10H2,1-3H3,(H,21,23)/b20-9-. The Labute approximate surface area is 149 Å². The number of hydrogen-bond donors (Lipinski definition) is 2. The number of aromatic hydroxyl groups is 1. The van der Waals surface area contributed by atoms with Crippen molar-refractivity contribution < 1.29 is 14.6 Å². The molecule has 6 heteroatoms. The molecule has 2 aromatic carbocycles. The molecular formula is C18H19BrN2O3. The lowest BCUT2D eigenvalue weighted by Gasteiger charge is -2.13. The molecule has 0 heterocycles. The fraction of sp³-hybridized carbons (Fsp3) is 0.222. The number of nitrogens with zero attached hydrogens (tertiary/aromatic N) is 1. The molecule has 2 N–H and O–H groups in total. The average molecular weight is 391 g/mol. The van der Waals surface area contributed by atoms with Crippen molar-refractivity contribution in [3.63, 3.8) is 0 Å². The van der Waals surface area contributed by atoms with E-state index >= 15 is 0 Å². The molecule has 0 spiro atoms. The third-order valence-corrected chi connectivity index (χ3v) is 4.10. The van der Waals surface area contributed by atoms with Gasteiger partial charge in [0.15, 0.2) is 6.61 Å². The summed E-state index contributed by atoms with van der Waals surface area (Å²) in [6, 6.07) is 8.93. The van der Waals surface area contributed by atoms with E-state index in [-0.39, 0.29) is 18.3 Å². The van der Waals surface area contributed by atoms with Crippen molar-refractivity contribution in [2.24, 2.45) is 5.10 Å². The number of aryl methyl sites for hydroxylation is 2. The molecule has 0 aliphatic rings. The monoisotopic (exact) mass is 390 g/mol. The Bertz CT molecular complexity index is 788. The normalized spacial score (nSPS) is 10.8. The molecule has 0 bridgehead atoms. The van der Waals surface area contributed by atoms with Gasteiger partial charge >= 0.3 is 0 Å². The van der Waals surface area contributed by atoms with Crippen LogP contribution in [-0.4, -0.2) is 23.8 Å². The van der Waals surface area contributed by atoms with Gasteiger partial charge in [-0.15, -0.1) is 0 Å². The van der Waals surface area contributed by atoms with Gasteiger partial charge in [-0.3, -0.25) is 4.79 Å². The van der Waals surface area contributed by atoms with Crippen molar-refractivity contribution in [2.45, 2.75) is 20.8 Å². The molecule has 0 fully saturated rings. The van der Waals surface area contributed by atoms with E-state index in [1.165, 1.54) is 6.21 Å². The number of hydrazone groups is 1. The van der Waals surface area contributed by atoms with Gasteiger partial charge in [0.1, 0.15) is 11.5 Å². The number of hydrogen-bond acceptors (Lipinski definition) is 4. The molecule has 2 aromatic rings. The van der Waals surface area contributed by atoms with Gasteiger partial charge in [-0.05, 0) is 55.7 Å². The zero-order valence-corrected chi connectivity index (χ0v) is 15.3. The Balaban J connectivity index is 1.94. The van der Waals surface area contributed by atoms with E-state index in [4.69, 9.17) is 4.74 Å². The molecule has 126 valence electrons. The number of nitrogens with one attached hydrogen (secondary N) is 1. The highest BCUT2D eigenvalue weighted by atomic mass is 79.9. The van der Waals surface area contributed by atoms with Crippen LogP contribution in [0.4, 0.5) is 0 Å². The number of carbonyl (C=O) groups is 1. The van der Waals surface area contributed by atoms with Crippen LogP contribution >= 0.6 is 15.9 Å². The summed E-state index contributed by atoms with van der Waals surface area (Å²) in [5.74, 6) is 0.429. The van der Waals surface area contributed by atoms with E-state index in [1.807, 2.05) is 32.9 Å². The van der Waals surface area contributed by atoms with Crippen molar-refractivity contribution in [2.75, 3.05) is 6.61 Å². The average Bonchev–Trinajstić information content (AvgIpc) is 2.54. The Morgan fingerprint density at radius 2 is 1.96 bits per heavy atom. The van der Waals surface area contributed by atoms with E-state index in [9.17, 15) is 9.90 Å². The molecule has 0 saturated heterocycles. The second-order valence-corrected chi connectivity index (χ2v) is 6.35. The lowest BCUT2D eigenvalue weighted by Crippen LogP contribution is -2.25. The van der Waals surface area contributed by atoms with Gasteiger partial charge in [0.2, 0.25) is 0 Å². The first-order valence-electron chi connectivity index (χ1n) is 7.38. The molecule has 0 aromatic heterocycles. The SMILES string of the molecule is Cc1ccc(C)c(OCC(=O)N/N=C\c2cc(Br)ccc2O)c1C. The van der Waals surface area contributed by atoms with Crippen LogP contribution in [-0.2, 0) is 4.79 Å². The van der Waals surface area contributed by atoms with Crippen LogP contribution in [0.5, 0.6) is 11.5 Å². The minimum absolute atomic E-state index is 0.0819. The van der Waals surface area contributed by atoms with Crippen molar-refractivity contribution in [1.82, 2.24) is 5.43 Å². The van der Waals surface area contributed by atoms with Crippen molar-refractivity contribution in [3.8, 4) is 11.5 Å². The maximum absolute atomic E-state index is 11.8. The molecule has 0 saturated carbocycles. The number of phenolic OH excluding ortho intramolecular Hbond substituents is 1. The number of amides is 1. The summed E-state index contributed by atoms with van der Waals surface area (Å²) in [5, 5.41) is 13.5. The summed E-state index contributed by atoms with van der Waals surface area (Å²) in [5.41, 5.74) is 5.99. The van der Waals surface area contributed by atoms with Crippen molar-refractivity contribution in [3.05, 3.63) is 57.1 Å². The van der Waals surface area contributed by atoms with Crippen LogP contribution in [0.3, 0.4) is 0 Å². The van der Waals surface area contributed by atoms with E-state index in [0.29, 0.717) is 5.56 Å². The number of carbonyl (C=O) groups excluding carboxylic acids is 1.